The molecule has 19 heavy (non-hydrogen) atoms. The smallest absolute Gasteiger partial charge is 0.408 e. The van der Waals surface area contributed by atoms with Gasteiger partial charge in [0.2, 0.25) is 0 Å². The first kappa shape index (κ1) is 12.3. The maximum atomic E-state index is 11.4. The van der Waals surface area contributed by atoms with Crippen LogP contribution in [0.1, 0.15) is 12.8 Å². The molecule has 0 saturated heterocycles. The highest BCUT2D eigenvalue weighted by Crippen LogP contribution is 2.44. The van der Waals surface area contributed by atoms with E-state index in [1.807, 2.05) is 25.2 Å². The highest BCUT2D eigenvalue weighted by Gasteiger charge is 2.41. The normalized spacial score (nSPS) is 16.7. The zero-order chi connectivity index (χ0) is 13.5. The number of aryl methyl sites for hydroxylation is 1. The van der Waals surface area contributed by atoms with Crippen molar-refractivity contribution in [1.29, 1.82) is 0 Å². The van der Waals surface area contributed by atoms with E-state index < -0.39 is 0 Å². The molecule has 0 atom stereocenters. The minimum atomic E-state index is -0.319. The summed E-state index contributed by atoms with van der Waals surface area (Å²) in [5.74, 6) is -0.319. The first-order valence-electron chi connectivity index (χ1n) is 6.62. The molecule has 1 aliphatic rings. The molecular weight excluding hydrogens is 242 g/mol. The third-order valence-electron chi connectivity index (χ3n) is 3.97. The molecule has 0 unspecified atom stereocenters. The van der Waals surface area contributed by atoms with E-state index in [9.17, 15) is 4.79 Å². The zero-order valence-corrected chi connectivity index (χ0v) is 11.3. The number of oxazole rings is 1. The van der Waals surface area contributed by atoms with E-state index in [1.165, 1.54) is 17.4 Å². The van der Waals surface area contributed by atoms with Gasteiger partial charge in [0, 0.05) is 31.2 Å². The van der Waals surface area contributed by atoms with Gasteiger partial charge in [-0.1, -0.05) is 0 Å². The van der Waals surface area contributed by atoms with E-state index in [-0.39, 0.29) is 5.76 Å². The van der Waals surface area contributed by atoms with Gasteiger partial charge in [-0.05, 0) is 38.1 Å². The number of aromatic nitrogens is 1. The van der Waals surface area contributed by atoms with Crippen LogP contribution in [0.2, 0.25) is 0 Å². The molecule has 5 heteroatoms. The summed E-state index contributed by atoms with van der Waals surface area (Å²) in [7, 11) is 3.72. The second kappa shape index (κ2) is 4.42. The van der Waals surface area contributed by atoms with Crippen LogP contribution in [0.3, 0.4) is 0 Å². The van der Waals surface area contributed by atoms with Gasteiger partial charge in [0.25, 0.3) is 0 Å². The third kappa shape index (κ3) is 2.26. The third-order valence-corrected chi connectivity index (χ3v) is 3.97. The van der Waals surface area contributed by atoms with E-state index in [1.54, 1.807) is 7.05 Å². The van der Waals surface area contributed by atoms with Crippen LogP contribution in [0, 0.1) is 5.41 Å². The lowest BCUT2D eigenvalue weighted by Gasteiger charge is -2.16. The van der Waals surface area contributed by atoms with E-state index in [2.05, 4.69) is 10.6 Å². The Labute approximate surface area is 111 Å². The Hall–Kier alpha value is -1.75. The summed E-state index contributed by atoms with van der Waals surface area (Å²) < 4.78 is 6.65. The number of nitrogens with zero attached hydrogens (tertiary/aromatic N) is 1. The van der Waals surface area contributed by atoms with Gasteiger partial charge in [-0.25, -0.2) is 4.79 Å². The Morgan fingerprint density at radius 2 is 2.16 bits per heavy atom. The predicted molar refractivity (Wildman–Crippen MR) is 75.5 cm³/mol. The van der Waals surface area contributed by atoms with Gasteiger partial charge in [0.15, 0.2) is 5.58 Å². The quantitative estimate of drug-likeness (QED) is 0.857. The number of nitrogens with one attached hydrogen (secondary N) is 2. The summed E-state index contributed by atoms with van der Waals surface area (Å²) in [6.07, 6.45) is 2.54. The number of hydrogen-bond acceptors (Lipinski definition) is 4. The van der Waals surface area contributed by atoms with Crippen molar-refractivity contribution in [2.45, 2.75) is 12.8 Å². The summed E-state index contributed by atoms with van der Waals surface area (Å²) in [4.78, 5) is 11.4. The maximum Gasteiger partial charge on any atom is 0.419 e. The Kier molecular flexibility index (Phi) is 2.86. The number of rotatable bonds is 5. The standard InChI is InChI=1S/C14H19N3O2/c1-15-8-14(5-6-14)9-16-10-3-4-12-11(7-10)17(2)13(18)19-12/h3-4,7,15-16H,5-6,8-9H2,1-2H3. The fourth-order valence-electron chi connectivity index (χ4n) is 2.49. The topological polar surface area (TPSA) is 59.2 Å². The monoisotopic (exact) mass is 261 g/mol. The fourth-order valence-corrected chi connectivity index (χ4v) is 2.49. The highest BCUT2D eigenvalue weighted by atomic mass is 16.4. The van der Waals surface area contributed by atoms with Crippen LogP contribution in [-0.2, 0) is 7.05 Å². The van der Waals surface area contributed by atoms with Crippen molar-refractivity contribution in [1.82, 2.24) is 9.88 Å². The molecule has 1 aliphatic carbocycles. The molecule has 0 amide bonds. The van der Waals surface area contributed by atoms with E-state index in [0.717, 1.165) is 24.3 Å². The van der Waals surface area contributed by atoms with Crippen LogP contribution >= 0.6 is 0 Å². The van der Waals surface area contributed by atoms with Crippen molar-refractivity contribution in [2.75, 3.05) is 25.5 Å². The van der Waals surface area contributed by atoms with Crippen molar-refractivity contribution in [3.05, 3.63) is 28.7 Å². The van der Waals surface area contributed by atoms with Crippen molar-refractivity contribution in [3.63, 3.8) is 0 Å². The Balaban J connectivity index is 1.78. The molecule has 2 aromatic rings. The van der Waals surface area contributed by atoms with E-state index in [4.69, 9.17) is 4.42 Å². The van der Waals surface area contributed by atoms with Crippen LogP contribution in [0.15, 0.2) is 27.4 Å². The summed E-state index contributed by atoms with van der Waals surface area (Å²) in [6.45, 7) is 2.01. The minimum absolute atomic E-state index is 0.319. The van der Waals surface area contributed by atoms with Gasteiger partial charge < -0.3 is 15.1 Å². The second-order valence-corrected chi connectivity index (χ2v) is 5.49. The van der Waals surface area contributed by atoms with E-state index in [0.29, 0.717) is 11.0 Å². The van der Waals surface area contributed by atoms with Gasteiger partial charge in [0.05, 0.1) is 5.52 Å². The van der Waals surface area contributed by atoms with Crippen LogP contribution < -0.4 is 16.4 Å². The van der Waals surface area contributed by atoms with Crippen LogP contribution in [-0.4, -0.2) is 24.7 Å². The molecule has 3 rings (SSSR count). The SMILES string of the molecule is CNCC1(CNc2ccc3oc(=O)n(C)c3c2)CC1. The Bertz CT molecular complexity index is 652. The molecule has 0 bridgehead atoms. The summed E-state index contributed by atoms with van der Waals surface area (Å²) >= 11 is 0. The molecule has 1 aromatic heterocycles. The number of fused-ring (bicyclic) bond motifs is 1. The molecule has 0 spiro atoms. The Morgan fingerprint density at radius 3 is 2.84 bits per heavy atom. The lowest BCUT2D eigenvalue weighted by atomic mass is 10.1. The van der Waals surface area contributed by atoms with Crippen LogP contribution in [0.4, 0.5) is 5.69 Å². The maximum absolute atomic E-state index is 11.4. The molecule has 0 radical (unpaired) electrons. The van der Waals surface area contributed by atoms with Gasteiger partial charge in [-0.2, -0.15) is 0 Å². The first-order chi connectivity index (χ1) is 9.13. The van der Waals surface area contributed by atoms with Crippen molar-refractivity contribution in [2.24, 2.45) is 12.5 Å². The minimum Gasteiger partial charge on any atom is -0.408 e. The number of benzene rings is 1. The van der Waals surface area contributed by atoms with Crippen LogP contribution in [0.5, 0.6) is 0 Å². The molecule has 102 valence electrons. The average molecular weight is 261 g/mol. The average Bonchev–Trinajstić information content (AvgIpc) is 3.11. The fraction of sp³-hybridized carbons (Fsp3) is 0.500. The lowest BCUT2D eigenvalue weighted by molar-refractivity contribution is 0.507. The van der Waals surface area contributed by atoms with Crippen molar-refractivity contribution < 1.29 is 4.42 Å². The molecule has 0 aliphatic heterocycles. The summed E-state index contributed by atoms with van der Waals surface area (Å²) in [5, 5.41) is 6.71. The molecule has 2 N–H and O–H groups in total. The molecule has 1 saturated carbocycles. The van der Waals surface area contributed by atoms with Gasteiger partial charge in [-0.15, -0.1) is 0 Å². The Morgan fingerprint density at radius 1 is 1.37 bits per heavy atom. The summed E-state index contributed by atoms with van der Waals surface area (Å²) in [6, 6.07) is 5.77. The molecule has 5 nitrogen and oxygen atoms in total. The van der Waals surface area contributed by atoms with Gasteiger partial charge in [0.1, 0.15) is 0 Å². The van der Waals surface area contributed by atoms with Crippen molar-refractivity contribution in [3.8, 4) is 0 Å². The molecule has 1 aromatic carbocycles. The van der Waals surface area contributed by atoms with Gasteiger partial charge >= 0.3 is 5.76 Å². The lowest BCUT2D eigenvalue weighted by Crippen LogP contribution is -2.26. The van der Waals surface area contributed by atoms with Crippen molar-refractivity contribution >= 4 is 16.8 Å². The van der Waals surface area contributed by atoms with E-state index >= 15 is 0 Å². The zero-order valence-electron chi connectivity index (χ0n) is 11.3. The largest absolute Gasteiger partial charge is 0.419 e. The highest BCUT2D eigenvalue weighted by molar-refractivity contribution is 5.77. The van der Waals surface area contributed by atoms with Crippen LogP contribution in [0.25, 0.3) is 11.1 Å². The second-order valence-electron chi connectivity index (χ2n) is 5.49. The summed E-state index contributed by atoms with van der Waals surface area (Å²) in [5.41, 5.74) is 2.90. The van der Waals surface area contributed by atoms with Gasteiger partial charge in [-0.3, -0.25) is 4.57 Å². The molecule has 1 fully saturated rings. The number of anilines is 1. The molecular formula is C14H19N3O2. The number of hydrogen-bond donors (Lipinski definition) is 2. The predicted octanol–water partition coefficient (Wildman–Crippen LogP) is 1.54. The molecule has 1 heterocycles. The first-order valence-corrected chi connectivity index (χ1v) is 6.62.